The van der Waals surface area contributed by atoms with Gasteiger partial charge in [0.25, 0.3) is 0 Å². The first kappa shape index (κ1) is 11.9. The first-order chi connectivity index (χ1) is 6.16. The minimum Gasteiger partial charge on any atom is -0.106 e. The summed E-state index contributed by atoms with van der Waals surface area (Å²) in [5, 5.41) is 0. The van der Waals surface area contributed by atoms with Crippen LogP contribution in [-0.4, -0.2) is 14.0 Å². The first-order valence-corrected chi connectivity index (χ1v) is 7.23. The van der Waals surface area contributed by atoms with Crippen molar-refractivity contribution in [2.75, 3.05) is 5.75 Å². The van der Waals surface area contributed by atoms with Crippen LogP contribution in [0.3, 0.4) is 0 Å². The Kier molecular flexibility index (Phi) is 5.13. The summed E-state index contributed by atoms with van der Waals surface area (Å²) in [6, 6.07) is 0. The Labute approximate surface area is 95.6 Å². The second-order valence-electron chi connectivity index (χ2n) is 3.90. The summed E-state index contributed by atoms with van der Waals surface area (Å²) in [6.45, 7) is 4.62. The molecule has 0 saturated carbocycles. The van der Waals surface area contributed by atoms with Gasteiger partial charge in [-0.05, 0) is 13.3 Å². The molecule has 0 nitrogen and oxygen atoms in total. The first-order valence-electron chi connectivity index (χ1n) is 5.02. The van der Waals surface area contributed by atoms with Crippen LogP contribution < -0.4 is 0 Å². The molecule has 1 atom stereocenters. The topological polar surface area (TPSA) is 0 Å². The van der Waals surface area contributed by atoms with Gasteiger partial charge in [0.2, 0.25) is 0 Å². The monoisotopic (exact) mass is 234 g/mol. The third kappa shape index (κ3) is 4.22. The van der Waals surface area contributed by atoms with Crippen molar-refractivity contribution < 1.29 is 0 Å². The van der Waals surface area contributed by atoms with E-state index in [9.17, 15) is 0 Å². The SMILES string of the molecule is CCCCCCC1(C)CSC(=S)S1. The van der Waals surface area contributed by atoms with Crippen molar-refractivity contribution in [3.63, 3.8) is 0 Å². The van der Waals surface area contributed by atoms with Crippen molar-refractivity contribution in [1.82, 2.24) is 0 Å². The van der Waals surface area contributed by atoms with Crippen molar-refractivity contribution in [2.45, 2.75) is 50.7 Å². The normalized spacial score (nSPS) is 28.3. The number of unbranched alkanes of at least 4 members (excludes halogenated alkanes) is 3. The predicted octanol–water partition coefficient (Wildman–Crippen LogP) is 4.48. The van der Waals surface area contributed by atoms with E-state index >= 15 is 0 Å². The van der Waals surface area contributed by atoms with E-state index in [2.05, 4.69) is 13.8 Å². The van der Waals surface area contributed by atoms with Gasteiger partial charge in [0.05, 0.1) is 0 Å². The molecule has 1 rings (SSSR count). The van der Waals surface area contributed by atoms with Gasteiger partial charge in [0.1, 0.15) is 3.53 Å². The van der Waals surface area contributed by atoms with Crippen molar-refractivity contribution >= 4 is 39.3 Å². The highest BCUT2D eigenvalue weighted by Crippen LogP contribution is 2.44. The Bertz CT molecular complexity index is 179. The van der Waals surface area contributed by atoms with Crippen LogP contribution >= 0.6 is 35.7 Å². The Balaban J connectivity index is 2.16. The Hall–Kier alpha value is 0.790. The van der Waals surface area contributed by atoms with Crippen LogP contribution in [0, 0.1) is 0 Å². The molecule has 76 valence electrons. The highest BCUT2D eigenvalue weighted by molar-refractivity contribution is 8.49. The lowest BCUT2D eigenvalue weighted by Crippen LogP contribution is -2.19. The molecule has 0 N–H and O–H groups in total. The van der Waals surface area contributed by atoms with Crippen molar-refractivity contribution in [2.24, 2.45) is 0 Å². The highest BCUT2D eigenvalue weighted by atomic mass is 32.2. The largest absolute Gasteiger partial charge is 0.106 e. The Morgan fingerprint density at radius 3 is 2.69 bits per heavy atom. The van der Waals surface area contributed by atoms with Crippen LogP contribution in [0.15, 0.2) is 0 Å². The quantitative estimate of drug-likeness (QED) is 0.508. The van der Waals surface area contributed by atoms with Gasteiger partial charge < -0.3 is 0 Å². The lowest BCUT2D eigenvalue weighted by molar-refractivity contribution is 0.567. The van der Waals surface area contributed by atoms with Crippen molar-refractivity contribution in [3.05, 3.63) is 0 Å². The minimum absolute atomic E-state index is 0.454. The molecule has 1 saturated heterocycles. The smallest absolute Gasteiger partial charge is 0.104 e. The molecule has 1 aliphatic heterocycles. The summed E-state index contributed by atoms with van der Waals surface area (Å²) in [7, 11) is 0. The molecule has 0 aromatic rings. The lowest BCUT2D eigenvalue weighted by atomic mass is 10.0. The predicted molar refractivity (Wildman–Crippen MR) is 69.8 cm³/mol. The van der Waals surface area contributed by atoms with Gasteiger partial charge in [-0.25, -0.2) is 0 Å². The van der Waals surface area contributed by atoms with E-state index < -0.39 is 0 Å². The minimum atomic E-state index is 0.454. The molecule has 0 amide bonds. The molecule has 0 aromatic heterocycles. The zero-order chi connectivity index (χ0) is 9.73. The van der Waals surface area contributed by atoms with Gasteiger partial charge in [-0.3, -0.25) is 0 Å². The molecule has 13 heavy (non-hydrogen) atoms. The lowest BCUT2D eigenvalue weighted by Gasteiger charge is -2.20. The van der Waals surface area contributed by atoms with Gasteiger partial charge in [-0.2, -0.15) is 0 Å². The Morgan fingerprint density at radius 1 is 1.38 bits per heavy atom. The molecule has 0 aliphatic carbocycles. The number of hydrogen-bond donors (Lipinski definition) is 0. The van der Waals surface area contributed by atoms with Crippen LogP contribution in [0.4, 0.5) is 0 Å². The maximum Gasteiger partial charge on any atom is 0.104 e. The van der Waals surface area contributed by atoms with E-state index in [-0.39, 0.29) is 0 Å². The maximum absolute atomic E-state index is 5.20. The third-order valence-corrected chi connectivity index (χ3v) is 5.80. The summed E-state index contributed by atoms with van der Waals surface area (Å²) < 4.78 is 1.60. The molecule has 1 aliphatic rings. The summed E-state index contributed by atoms with van der Waals surface area (Å²) >= 11 is 8.98. The molecule has 0 spiro atoms. The highest BCUT2D eigenvalue weighted by Gasteiger charge is 2.32. The molecular formula is C10H18S3. The zero-order valence-electron chi connectivity index (χ0n) is 8.47. The second-order valence-corrected chi connectivity index (χ2v) is 7.67. The van der Waals surface area contributed by atoms with E-state index in [1.54, 1.807) is 0 Å². The van der Waals surface area contributed by atoms with E-state index in [1.807, 2.05) is 23.5 Å². The van der Waals surface area contributed by atoms with E-state index in [4.69, 9.17) is 12.2 Å². The van der Waals surface area contributed by atoms with Crippen LogP contribution in [0.1, 0.15) is 46.0 Å². The standard InChI is InChI=1S/C10H18S3/c1-3-4-5-6-7-10(2)8-12-9(11)13-10/h3-8H2,1-2H3. The summed E-state index contributed by atoms with van der Waals surface area (Å²) in [5.74, 6) is 1.22. The number of thioether (sulfide) groups is 2. The van der Waals surface area contributed by atoms with Crippen molar-refractivity contribution in [3.8, 4) is 0 Å². The Morgan fingerprint density at radius 2 is 2.15 bits per heavy atom. The fraction of sp³-hybridized carbons (Fsp3) is 0.900. The summed E-state index contributed by atoms with van der Waals surface area (Å²) in [5.41, 5.74) is 0. The van der Waals surface area contributed by atoms with Crippen LogP contribution in [0.5, 0.6) is 0 Å². The molecule has 1 heterocycles. The number of thiocarbonyl (C=S) groups is 1. The van der Waals surface area contributed by atoms with Gasteiger partial charge >= 0.3 is 0 Å². The molecule has 0 aromatic carbocycles. The fourth-order valence-corrected chi connectivity index (χ4v) is 4.95. The van der Waals surface area contributed by atoms with Gasteiger partial charge in [-0.1, -0.05) is 44.8 Å². The average Bonchev–Trinajstić information content (AvgIpc) is 2.41. The number of hydrogen-bond acceptors (Lipinski definition) is 3. The molecule has 1 unspecified atom stereocenters. The van der Waals surface area contributed by atoms with Gasteiger partial charge in [-0.15, -0.1) is 23.5 Å². The second kappa shape index (κ2) is 5.62. The third-order valence-electron chi connectivity index (χ3n) is 2.38. The maximum atomic E-state index is 5.20. The van der Waals surface area contributed by atoms with Gasteiger partial charge in [0.15, 0.2) is 0 Å². The number of rotatable bonds is 5. The van der Waals surface area contributed by atoms with Crippen LogP contribution in [0.25, 0.3) is 0 Å². The van der Waals surface area contributed by atoms with Crippen LogP contribution in [-0.2, 0) is 0 Å². The summed E-state index contributed by atoms with van der Waals surface area (Å²) in [4.78, 5) is 0. The molecule has 1 fully saturated rings. The summed E-state index contributed by atoms with van der Waals surface area (Å²) in [6.07, 6.45) is 6.82. The van der Waals surface area contributed by atoms with Gasteiger partial charge in [0, 0.05) is 10.5 Å². The molecule has 0 bridgehead atoms. The van der Waals surface area contributed by atoms with Crippen LogP contribution in [0.2, 0.25) is 0 Å². The van der Waals surface area contributed by atoms with E-state index in [0.29, 0.717) is 4.75 Å². The molecule has 3 heteroatoms. The molecular weight excluding hydrogens is 216 g/mol. The fourth-order valence-electron chi connectivity index (χ4n) is 1.52. The van der Waals surface area contributed by atoms with Crippen molar-refractivity contribution in [1.29, 1.82) is 0 Å². The zero-order valence-corrected chi connectivity index (χ0v) is 10.9. The molecule has 0 radical (unpaired) electrons. The average molecular weight is 234 g/mol. The van der Waals surface area contributed by atoms with E-state index in [0.717, 1.165) is 3.53 Å². The van der Waals surface area contributed by atoms with E-state index in [1.165, 1.54) is 37.9 Å².